The first-order chi connectivity index (χ1) is 19.3. The fourth-order valence-electron chi connectivity index (χ4n) is 5.21. The number of pyridine rings is 1. The Morgan fingerprint density at radius 1 is 1.20 bits per heavy atom. The summed E-state index contributed by atoms with van der Waals surface area (Å²) in [5.41, 5.74) is 4.69. The van der Waals surface area contributed by atoms with Gasteiger partial charge in [0.2, 0.25) is 8.32 Å². The number of ketones is 1. The van der Waals surface area contributed by atoms with Gasteiger partial charge in [0, 0.05) is 37.5 Å². The number of halogens is 1. The molecule has 1 saturated heterocycles. The number of benzene rings is 2. The van der Waals surface area contributed by atoms with Gasteiger partial charge in [0.05, 0.1) is 23.0 Å². The Bertz CT molecular complexity index is 1470. The average molecular weight is 577 g/mol. The van der Waals surface area contributed by atoms with Crippen molar-refractivity contribution in [1.82, 2.24) is 9.88 Å². The monoisotopic (exact) mass is 576 g/mol. The molecule has 2 aliphatic rings. The number of anilines is 4. The van der Waals surface area contributed by atoms with Crippen LogP contribution in [0.25, 0.3) is 0 Å². The molecule has 3 N–H and O–H groups in total. The number of Topliss-reactive ketones (excluding diaryl/α,β-unsaturated/α-hetero) is 1. The van der Waals surface area contributed by atoms with E-state index < -0.39 is 14.1 Å². The molecule has 0 spiro atoms. The van der Waals surface area contributed by atoms with Crippen molar-refractivity contribution in [3.63, 3.8) is 0 Å². The fourth-order valence-corrected chi connectivity index (χ4v) is 6.29. The van der Waals surface area contributed by atoms with Gasteiger partial charge in [0.25, 0.3) is 0 Å². The molecule has 218 valence electrons. The molecular formula is C32H41FN4O3Si. The molecule has 1 aromatic heterocycles. The Hall–Kier alpha value is -3.27. The lowest BCUT2D eigenvalue weighted by Crippen LogP contribution is -2.44. The van der Waals surface area contributed by atoms with E-state index in [2.05, 4.69) is 66.5 Å². The average Bonchev–Trinajstić information content (AvgIpc) is 3.02. The van der Waals surface area contributed by atoms with Gasteiger partial charge in [-0.25, -0.2) is 9.37 Å². The summed E-state index contributed by atoms with van der Waals surface area (Å²) in [5.74, 6) is 0.570. The Balaban J connectivity index is 1.41. The van der Waals surface area contributed by atoms with Gasteiger partial charge in [-0.05, 0) is 79.3 Å². The summed E-state index contributed by atoms with van der Waals surface area (Å²) in [6, 6.07) is 11.0. The van der Waals surface area contributed by atoms with Crippen LogP contribution in [0.3, 0.4) is 0 Å². The topological polar surface area (TPSA) is 86.7 Å². The number of likely N-dealkylation sites (tertiary alicyclic amines) is 1. The van der Waals surface area contributed by atoms with E-state index in [1.54, 1.807) is 18.3 Å². The minimum atomic E-state index is -2.15. The number of nitrogens with zero attached hydrogens (tertiary/aromatic N) is 2. The maximum Gasteiger partial charge on any atom is 0.250 e. The normalized spacial score (nSPS) is 17.8. The van der Waals surface area contributed by atoms with E-state index in [9.17, 15) is 9.90 Å². The lowest BCUT2D eigenvalue weighted by molar-refractivity contribution is 0.0668. The summed E-state index contributed by atoms with van der Waals surface area (Å²) < 4.78 is 21.7. The van der Waals surface area contributed by atoms with Crippen molar-refractivity contribution in [2.75, 3.05) is 23.7 Å². The Kier molecular flexibility index (Phi) is 7.98. The zero-order valence-electron chi connectivity index (χ0n) is 24.9. The molecule has 41 heavy (non-hydrogen) atoms. The molecule has 3 heterocycles. The molecule has 0 aliphatic carbocycles. The molecule has 1 fully saturated rings. The summed E-state index contributed by atoms with van der Waals surface area (Å²) in [6.07, 6.45) is 3.35. The standard InChI is InChI=1S/C32H41FN4O3Si/c1-20-14-24(33)27(17-29(20)40-41(5,6)32(2,3)4)35-26-11-12-34-31-30(26)28(39)16-22-15-21(9-10-25(22)36-31)18-37-13-7-8-23(38)19-37/h9-12,14-15,17,23,38H,7-8,13,16,18-19H2,1-6H3,(H2,34,35,36)/t23-/m1/s1. The van der Waals surface area contributed by atoms with Crippen molar-refractivity contribution in [3.8, 4) is 5.75 Å². The number of aliphatic hydroxyl groups excluding tert-OH is 1. The van der Waals surface area contributed by atoms with Crippen molar-refractivity contribution in [1.29, 1.82) is 0 Å². The number of aryl methyl sites for hydroxylation is 1. The molecular weight excluding hydrogens is 535 g/mol. The van der Waals surface area contributed by atoms with Gasteiger partial charge in [0.1, 0.15) is 17.4 Å². The van der Waals surface area contributed by atoms with Gasteiger partial charge in [-0.15, -0.1) is 0 Å². The molecule has 7 nitrogen and oxygen atoms in total. The van der Waals surface area contributed by atoms with Gasteiger partial charge >= 0.3 is 0 Å². The van der Waals surface area contributed by atoms with E-state index in [1.165, 1.54) is 6.07 Å². The predicted octanol–water partition coefficient (Wildman–Crippen LogP) is 7.10. The number of piperidine rings is 1. The fraction of sp³-hybridized carbons (Fsp3) is 0.438. The smallest absolute Gasteiger partial charge is 0.250 e. The van der Waals surface area contributed by atoms with Gasteiger partial charge in [-0.2, -0.15) is 0 Å². The number of β-amino-alcohol motifs (C(OH)–C–C–N with tert-alkyl or cyclic N) is 1. The predicted molar refractivity (Wildman–Crippen MR) is 165 cm³/mol. The first-order valence-electron chi connectivity index (χ1n) is 14.4. The summed E-state index contributed by atoms with van der Waals surface area (Å²) in [7, 11) is -2.15. The highest BCUT2D eigenvalue weighted by Gasteiger charge is 2.39. The van der Waals surface area contributed by atoms with Crippen LogP contribution in [-0.2, 0) is 13.0 Å². The molecule has 3 aromatic rings. The third-order valence-electron chi connectivity index (χ3n) is 8.60. The first kappa shape index (κ1) is 29.2. The van der Waals surface area contributed by atoms with Gasteiger partial charge in [0.15, 0.2) is 5.78 Å². The van der Waals surface area contributed by atoms with Gasteiger partial charge < -0.3 is 20.2 Å². The number of rotatable bonds is 6. The van der Waals surface area contributed by atoms with Crippen molar-refractivity contribution in [2.24, 2.45) is 0 Å². The number of nitrogens with one attached hydrogen (secondary N) is 2. The second-order valence-electron chi connectivity index (χ2n) is 12.9. The summed E-state index contributed by atoms with van der Waals surface area (Å²) in [4.78, 5) is 20.4. The quantitative estimate of drug-likeness (QED) is 0.270. The number of hydrogen-bond donors (Lipinski definition) is 3. The van der Waals surface area contributed by atoms with E-state index in [4.69, 9.17) is 4.43 Å². The third kappa shape index (κ3) is 6.32. The highest BCUT2D eigenvalue weighted by molar-refractivity contribution is 6.74. The van der Waals surface area contributed by atoms with Crippen LogP contribution in [-0.4, -0.2) is 48.3 Å². The number of hydrogen-bond acceptors (Lipinski definition) is 7. The van der Waals surface area contributed by atoms with E-state index >= 15 is 4.39 Å². The zero-order chi connectivity index (χ0) is 29.5. The lowest BCUT2D eigenvalue weighted by atomic mass is 10.0. The van der Waals surface area contributed by atoms with Crippen LogP contribution in [0, 0.1) is 12.7 Å². The molecule has 9 heteroatoms. The number of aromatic nitrogens is 1. The Morgan fingerprint density at radius 2 is 1.98 bits per heavy atom. The van der Waals surface area contributed by atoms with Crippen molar-refractivity contribution in [2.45, 2.75) is 77.7 Å². The van der Waals surface area contributed by atoms with Crippen molar-refractivity contribution < 1.29 is 18.7 Å². The molecule has 0 saturated carbocycles. The van der Waals surface area contributed by atoms with Crippen LogP contribution in [0.4, 0.5) is 27.3 Å². The number of fused-ring (bicyclic) bond motifs is 2. The molecule has 2 aliphatic heterocycles. The summed E-state index contributed by atoms with van der Waals surface area (Å²) >= 11 is 0. The molecule has 0 radical (unpaired) electrons. The van der Waals surface area contributed by atoms with E-state index in [0.717, 1.165) is 48.3 Å². The van der Waals surface area contributed by atoms with Crippen LogP contribution in [0.2, 0.25) is 18.1 Å². The number of carbonyl (C=O) groups excluding carboxylic acids is 1. The zero-order valence-corrected chi connectivity index (χ0v) is 25.9. The molecule has 5 rings (SSSR count). The Labute approximate surface area is 243 Å². The van der Waals surface area contributed by atoms with E-state index in [-0.39, 0.29) is 29.0 Å². The third-order valence-corrected chi connectivity index (χ3v) is 12.9. The van der Waals surface area contributed by atoms with Crippen LogP contribution in [0.1, 0.15) is 60.7 Å². The second kappa shape index (κ2) is 11.2. The molecule has 2 aromatic carbocycles. The van der Waals surface area contributed by atoms with Crippen LogP contribution in [0.5, 0.6) is 5.75 Å². The summed E-state index contributed by atoms with van der Waals surface area (Å²) in [6.45, 7) is 15.0. The maximum atomic E-state index is 15.2. The van der Waals surface area contributed by atoms with Crippen LogP contribution in [0.15, 0.2) is 42.6 Å². The van der Waals surface area contributed by atoms with Gasteiger partial charge in [-0.3, -0.25) is 9.69 Å². The minimum absolute atomic E-state index is 0.00810. The molecule has 1 atom stereocenters. The minimum Gasteiger partial charge on any atom is -0.543 e. The van der Waals surface area contributed by atoms with Crippen LogP contribution < -0.4 is 15.1 Å². The Morgan fingerprint density at radius 3 is 2.71 bits per heavy atom. The summed E-state index contributed by atoms with van der Waals surface area (Å²) in [5, 5.41) is 16.6. The first-order valence-corrected chi connectivity index (χ1v) is 17.3. The van der Waals surface area contributed by atoms with Crippen LogP contribution >= 0.6 is 0 Å². The SMILES string of the molecule is Cc1cc(F)c(Nc2ccnc3c2C(=O)Cc2cc(CN4CCC[C@@H](O)C4)ccc2N3)cc1O[Si](C)(C)C(C)(C)C. The van der Waals surface area contributed by atoms with Crippen molar-refractivity contribution in [3.05, 3.63) is 70.7 Å². The lowest BCUT2D eigenvalue weighted by Gasteiger charge is -2.37. The number of carbonyl (C=O) groups is 1. The highest BCUT2D eigenvalue weighted by Crippen LogP contribution is 2.40. The molecule has 0 unspecified atom stereocenters. The largest absolute Gasteiger partial charge is 0.543 e. The van der Waals surface area contributed by atoms with Gasteiger partial charge in [-0.1, -0.05) is 32.9 Å². The second-order valence-corrected chi connectivity index (χ2v) is 17.6. The highest BCUT2D eigenvalue weighted by atomic mass is 28.4. The maximum absolute atomic E-state index is 15.2. The van der Waals surface area contributed by atoms with Crippen molar-refractivity contribution >= 4 is 37.0 Å². The van der Waals surface area contributed by atoms with E-state index in [0.29, 0.717) is 29.4 Å². The molecule has 0 bridgehead atoms. The number of aliphatic hydroxyl groups is 1. The van der Waals surface area contributed by atoms with E-state index in [1.807, 2.05) is 13.0 Å². The molecule has 0 amide bonds.